The predicted octanol–water partition coefficient (Wildman–Crippen LogP) is 5.80. The van der Waals surface area contributed by atoms with Gasteiger partial charge in [0.1, 0.15) is 5.75 Å². The molecule has 0 heterocycles. The molecule has 1 N–H and O–H groups in total. The summed E-state index contributed by atoms with van der Waals surface area (Å²) in [4.78, 5) is 12.5. The Morgan fingerprint density at radius 2 is 1.54 bits per heavy atom. The summed E-state index contributed by atoms with van der Waals surface area (Å²) in [7, 11) is 0. The summed E-state index contributed by atoms with van der Waals surface area (Å²) in [6, 6.07) is 24.9. The molecule has 0 saturated heterocycles. The second kappa shape index (κ2) is 8.54. The van der Waals surface area contributed by atoms with Crippen LogP contribution in [0.3, 0.4) is 0 Å². The molecular weight excluding hydrogens is 346 g/mol. The van der Waals surface area contributed by atoms with Crippen LogP contribution in [-0.4, -0.2) is 12.0 Å². The van der Waals surface area contributed by atoms with Crippen LogP contribution in [0.25, 0.3) is 11.1 Å². The average molecular weight is 366 g/mol. The molecule has 4 heteroatoms. The topological polar surface area (TPSA) is 38.3 Å². The number of nitrogens with one attached hydrogen (secondary N) is 1. The smallest absolute Gasteiger partial charge is 0.265 e. The summed E-state index contributed by atoms with van der Waals surface area (Å²) in [6.45, 7) is 1.92. The van der Waals surface area contributed by atoms with E-state index in [1.54, 1.807) is 24.3 Å². The highest BCUT2D eigenvalue weighted by Gasteiger charge is 2.18. The first-order chi connectivity index (χ1) is 12.7. The highest BCUT2D eigenvalue weighted by atomic mass is 35.5. The molecule has 0 saturated carbocycles. The summed E-state index contributed by atoms with van der Waals surface area (Å²) in [5.74, 6) is 0.491. The lowest BCUT2D eigenvalue weighted by Crippen LogP contribution is -2.32. The Bertz CT molecular complexity index is 846. The van der Waals surface area contributed by atoms with Crippen LogP contribution in [0, 0.1) is 0 Å². The molecule has 0 radical (unpaired) electrons. The molecule has 0 aliphatic carbocycles. The van der Waals surface area contributed by atoms with Gasteiger partial charge in [0.15, 0.2) is 6.10 Å². The van der Waals surface area contributed by atoms with Gasteiger partial charge in [0.2, 0.25) is 0 Å². The van der Waals surface area contributed by atoms with Crippen molar-refractivity contribution in [1.29, 1.82) is 0 Å². The monoisotopic (exact) mass is 365 g/mol. The van der Waals surface area contributed by atoms with Gasteiger partial charge in [-0.15, -0.1) is 0 Å². The number of halogens is 1. The molecule has 26 heavy (non-hydrogen) atoms. The summed E-state index contributed by atoms with van der Waals surface area (Å²) >= 11 is 5.86. The van der Waals surface area contributed by atoms with Crippen LogP contribution in [0.1, 0.15) is 13.3 Å². The number of hydrogen-bond donors (Lipinski definition) is 1. The molecule has 1 atom stereocenters. The Kier molecular flexibility index (Phi) is 5.92. The van der Waals surface area contributed by atoms with Gasteiger partial charge in [0.05, 0.1) is 0 Å². The minimum atomic E-state index is -0.562. The molecule has 3 aromatic rings. The second-order valence-electron chi connectivity index (χ2n) is 5.90. The Morgan fingerprint density at radius 3 is 2.15 bits per heavy atom. The highest BCUT2D eigenvalue weighted by molar-refractivity contribution is 6.30. The van der Waals surface area contributed by atoms with E-state index in [0.29, 0.717) is 22.9 Å². The number of ether oxygens (including phenoxy) is 1. The molecule has 1 unspecified atom stereocenters. The van der Waals surface area contributed by atoms with Crippen molar-refractivity contribution in [2.24, 2.45) is 0 Å². The van der Waals surface area contributed by atoms with Crippen molar-refractivity contribution >= 4 is 23.2 Å². The number of hydrogen-bond acceptors (Lipinski definition) is 2. The number of rotatable bonds is 6. The third-order valence-corrected chi connectivity index (χ3v) is 4.27. The van der Waals surface area contributed by atoms with Crippen molar-refractivity contribution in [1.82, 2.24) is 0 Å². The molecular formula is C22H20ClNO2. The van der Waals surface area contributed by atoms with Crippen molar-refractivity contribution in [2.75, 3.05) is 5.32 Å². The molecule has 3 rings (SSSR count). The van der Waals surface area contributed by atoms with Gasteiger partial charge in [-0.3, -0.25) is 4.79 Å². The molecule has 132 valence electrons. The highest BCUT2D eigenvalue weighted by Crippen LogP contribution is 2.23. The lowest BCUT2D eigenvalue weighted by atomic mass is 10.1. The van der Waals surface area contributed by atoms with Crippen molar-refractivity contribution < 1.29 is 9.53 Å². The van der Waals surface area contributed by atoms with Gasteiger partial charge in [0.25, 0.3) is 5.91 Å². The fourth-order valence-electron chi connectivity index (χ4n) is 2.60. The van der Waals surface area contributed by atoms with Crippen LogP contribution in [0.5, 0.6) is 5.75 Å². The van der Waals surface area contributed by atoms with Gasteiger partial charge in [0, 0.05) is 10.7 Å². The Labute approximate surface area is 158 Å². The Balaban J connectivity index is 1.65. The van der Waals surface area contributed by atoms with E-state index in [1.165, 1.54) is 0 Å². The Morgan fingerprint density at radius 1 is 0.923 bits per heavy atom. The first-order valence-corrected chi connectivity index (χ1v) is 8.92. The minimum Gasteiger partial charge on any atom is -0.481 e. The second-order valence-corrected chi connectivity index (χ2v) is 6.34. The fraction of sp³-hybridized carbons (Fsp3) is 0.136. The minimum absolute atomic E-state index is 0.179. The van der Waals surface area contributed by atoms with E-state index >= 15 is 0 Å². The van der Waals surface area contributed by atoms with Gasteiger partial charge in [-0.1, -0.05) is 61.0 Å². The summed E-state index contributed by atoms with van der Waals surface area (Å²) in [5, 5.41) is 3.48. The van der Waals surface area contributed by atoms with E-state index in [4.69, 9.17) is 16.3 Å². The first kappa shape index (κ1) is 18.0. The van der Waals surface area contributed by atoms with Crippen molar-refractivity contribution in [3.63, 3.8) is 0 Å². The van der Waals surface area contributed by atoms with E-state index in [0.717, 1.165) is 11.1 Å². The van der Waals surface area contributed by atoms with Crippen LogP contribution >= 0.6 is 11.6 Å². The van der Waals surface area contributed by atoms with Crippen LogP contribution < -0.4 is 10.1 Å². The quantitative estimate of drug-likeness (QED) is 0.599. The number of benzene rings is 3. The van der Waals surface area contributed by atoms with Crippen molar-refractivity contribution in [3.05, 3.63) is 83.9 Å². The van der Waals surface area contributed by atoms with E-state index in [-0.39, 0.29) is 5.91 Å². The lowest BCUT2D eigenvalue weighted by Gasteiger charge is -2.17. The first-order valence-electron chi connectivity index (χ1n) is 8.54. The van der Waals surface area contributed by atoms with Crippen LogP contribution in [0.2, 0.25) is 5.02 Å². The van der Waals surface area contributed by atoms with Gasteiger partial charge < -0.3 is 10.1 Å². The largest absolute Gasteiger partial charge is 0.481 e. The summed E-state index contributed by atoms with van der Waals surface area (Å²) < 4.78 is 5.87. The zero-order valence-electron chi connectivity index (χ0n) is 14.5. The number of carbonyl (C=O) groups excluding carboxylic acids is 1. The normalized spacial score (nSPS) is 11.6. The summed E-state index contributed by atoms with van der Waals surface area (Å²) in [6.07, 6.45) is 0.00750. The van der Waals surface area contributed by atoms with Crippen molar-refractivity contribution in [3.8, 4) is 16.9 Å². The number of carbonyl (C=O) groups is 1. The van der Waals surface area contributed by atoms with Gasteiger partial charge >= 0.3 is 0 Å². The molecule has 0 spiro atoms. The Hall–Kier alpha value is -2.78. The van der Waals surface area contributed by atoms with Crippen LogP contribution in [0.4, 0.5) is 5.69 Å². The molecule has 1 amide bonds. The molecule has 0 aliphatic rings. The maximum Gasteiger partial charge on any atom is 0.265 e. The van der Waals surface area contributed by atoms with Gasteiger partial charge in [-0.2, -0.15) is 0 Å². The van der Waals surface area contributed by atoms with Gasteiger partial charge in [-0.05, 0) is 53.9 Å². The SMILES string of the molecule is CCC(Oc1ccc(-c2ccccc2)cc1)C(=O)Nc1ccc(Cl)cc1. The third kappa shape index (κ3) is 4.64. The summed E-state index contributed by atoms with van der Waals surface area (Å²) in [5.41, 5.74) is 2.95. The van der Waals surface area contributed by atoms with E-state index < -0.39 is 6.10 Å². The van der Waals surface area contributed by atoms with E-state index in [9.17, 15) is 4.79 Å². The zero-order chi connectivity index (χ0) is 18.4. The van der Waals surface area contributed by atoms with Crippen LogP contribution in [0.15, 0.2) is 78.9 Å². The lowest BCUT2D eigenvalue weighted by molar-refractivity contribution is -0.122. The fourth-order valence-corrected chi connectivity index (χ4v) is 2.73. The van der Waals surface area contributed by atoms with E-state index in [1.807, 2.05) is 49.4 Å². The van der Waals surface area contributed by atoms with Crippen molar-refractivity contribution in [2.45, 2.75) is 19.4 Å². The average Bonchev–Trinajstić information content (AvgIpc) is 2.69. The maximum absolute atomic E-state index is 12.5. The van der Waals surface area contributed by atoms with Gasteiger partial charge in [-0.25, -0.2) is 0 Å². The zero-order valence-corrected chi connectivity index (χ0v) is 15.2. The third-order valence-electron chi connectivity index (χ3n) is 4.01. The molecule has 0 aromatic heterocycles. The molecule has 0 aliphatic heterocycles. The predicted molar refractivity (Wildman–Crippen MR) is 107 cm³/mol. The molecule has 0 bridgehead atoms. The number of amides is 1. The number of anilines is 1. The molecule has 3 aromatic carbocycles. The van der Waals surface area contributed by atoms with E-state index in [2.05, 4.69) is 17.4 Å². The molecule has 3 nitrogen and oxygen atoms in total. The maximum atomic E-state index is 12.5. The van der Waals surface area contributed by atoms with Crippen LogP contribution in [-0.2, 0) is 4.79 Å². The molecule has 0 fully saturated rings. The standard InChI is InChI=1S/C22H20ClNO2/c1-2-21(22(25)24-19-12-10-18(23)11-13-19)26-20-14-8-17(9-15-20)16-6-4-3-5-7-16/h3-15,21H,2H2,1H3,(H,24,25).